The average molecular weight is 556 g/mol. The van der Waals surface area contributed by atoms with Crippen molar-refractivity contribution in [3.05, 3.63) is 129 Å². The molecular weight excluding hydrogens is 526 g/mol. The number of non-ortho nitro benzene ring substituents is 1. The first-order chi connectivity index (χ1) is 19.9. The normalized spacial score (nSPS) is 11.2. The van der Waals surface area contributed by atoms with Gasteiger partial charge in [0.15, 0.2) is 11.5 Å². The highest BCUT2D eigenvalue weighted by Gasteiger charge is 2.22. The number of nitrogens with one attached hydrogen (secondary N) is 4. The molecule has 0 fully saturated rings. The van der Waals surface area contributed by atoms with E-state index in [-0.39, 0.29) is 24.0 Å². The van der Waals surface area contributed by atoms with Crippen LogP contribution in [0.2, 0.25) is 0 Å². The van der Waals surface area contributed by atoms with Crippen molar-refractivity contribution in [3.8, 4) is 11.5 Å². The van der Waals surface area contributed by atoms with Crippen LogP contribution in [0.25, 0.3) is 0 Å². The van der Waals surface area contributed by atoms with Gasteiger partial charge >= 0.3 is 0 Å². The lowest BCUT2D eigenvalue weighted by molar-refractivity contribution is -0.384. The van der Waals surface area contributed by atoms with Gasteiger partial charge < -0.3 is 20.1 Å². The van der Waals surface area contributed by atoms with Crippen molar-refractivity contribution in [2.75, 3.05) is 12.4 Å². The fraction of sp³-hybridized carbons (Fsp3) is 0.133. The van der Waals surface area contributed by atoms with E-state index in [1.807, 2.05) is 35.8 Å². The van der Waals surface area contributed by atoms with Crippen molar-refractivity contribution in [2.45, 2.75) is 19.2 Å². The van der Waals surface area contributed by atoms with E-state index in [1.54, 1.807) is 54.6 Å². The maximum Gasteiger partial charge on any atom is 0.269 e. The average Bonchev–Trinajstić information content (AvgIpc) is 3.02. The Bertz CT molecular complexity index is 1490. The number of rotatable bonds is 12. The van der Waals surface area contributed by atoms with Gasteiger partial charge in [0.05, 0.1) is 12.0 Å². The zero-order valence-electron chi connectivity index (χ0n) is 22.2. The number of ether oxygens (including phenoxy) is 2. The molecule has 0 bridgehead atoms. The predicted molar refractivity (Wildman–Crippen MR) is 153 cm³/mol. The van der Waals surface area contributed by atoms with Crippen LogP contribution in [0.5, 0.6) is 11.5 Å². The van der Waals surface area contributed by atoms with Gasteiger partial charge in [0.2, 0.25) is 5.91 Å². The SMILES string of the molecule is COc1cc([C@@H](Nc2ccc(C(=N)NO)cc2)C(=O)NCc2ccccc2)ccc1OCc1ccc([N+](=O)[O-])cc1. The number of methoxy groups -OCH3 is 1. The van der Waals surface area contributed by atoms with Crippen molar-refractivity contribution < 1.29 is 24.4 Å². The van der Waals surface area contributed by atoms with Gasteiger partial charge in [-0.1, -0.05) is 36.4 Å². The molecule has 210 valence electrons. The van der Waals surface area contributed by atoms with Crippen LogP contribution in [0.15, 0.2) is 97.1 Å². The Hall–Kier alpha value is -5.42. The maximum atomic E-state index is 13.4. The number of carbonyl (C=O) groups is 1. The lowest BCUT2D eigenvalue weighted by Crippen LogP contribution is -2.33. The minimum absolute atomic E-state index is 0.00210. The van der Waals surface area contributed by atoms with Crippen molar-refractivity contribution in [3.63, 3.8) is 0 Å². The van der Waals surface area contributed by atoms with Gasteiger partial charge in [-0.25, -0.2) is 0 Å². The summed E-state index contributed by atoms with van der Waals surface area (Å²) < 4.78 is 11.5. The third kappa shape index (κ3) is 7.58. The van der Waals surface area contributed by atoms with Gasteiger partial charge in [-0.15, -0.1) is 0 Å². The van der Waals surface area contributed by atoms with E-state index in [2.05, 4.69) is 10.6 Å². The van der Waals surface area contributed by atoms with Crippen LogP contribution in [0.3, 0.4) is 0 Å². The molecule has 5 N–H and O–H groups in total. The summed E-state index contributed by atoms with van der Waals surface area (Å²) in [5.74, 6) is 0.425. The Morgan fingerprint density at radius 1 is 0.951 bits per heavy atom. The summed E-state index contributed by atoms with van der Waals surface area (Å²) in [5, 5.41) is 33.8. The molecule has 11 heteroatoms. The highest BCUT2D eigenvalue weighted by Crippen LogP contribution is 2.32. The number of amidine groups is 1. The fourth-order valence-electron chi connectivity index (χ4n) is 4.01. The van der Waals surface area contributed by atoms with Crippen LogP contribution in [0, 0.1) is 15.5 Å². The topological polar surface area (TPSA) is 159 Å². The summed E-state index contributed by atoms with van der Waals surface area (Å²) in [4.78, 5) is 23.9. The summed E-state index contributed by atoms with van der Waals surface area (Å²) in [5.41, 5.74) is 5.21. The zero-order chi connectivity index (χ0) is 29.2. The van der Waals surface area contributed by atoms with Crippen molar-refractivity contribution in [2.24, 2.45) is 0 Å². The number of nitrogens with zero attached hydrogens (tertiary/aromatic N) is 1. The number of anilines is 1. The molecule has 4 aromatic rings. The van der Waals surface area contributed by atoms with Gasteiger partial charge in [0.25, 0.3) is 5.69 Å². The van der Waals surface area contributed by atoms with Crippen LogP contribution in [0.4, 0.5) is 11.4 Å². The molecule has 0 spiro atoms. The quantitative estimate of drug-likeness (QED) is 0.0710. The van der Waals surface area contributed by atoms with Crippen molar-refractivity contribution >= 4 is 23.1 Å². The van der Waals surface area contributed by atoms with E-state index in [9.17, 15) is 14.9 Å². The molecule has 0 aromatic heterocycles. The first-order valence-electron chi connectivity index (χ1n) is 12.6. The minimum Gasteiger partial charge on any atom is -0.493 e. The zero-order valence-corrected chi connectivity index (χ0v) is 22.2. The Morgan fingerprint density at radius 3 is 2.29 bits per heavy atom. The summed E-state index contributed by atoms with van der Waals surface area (Å²) in [6, 6.07) is 26.7. The molecular formula is C30H29N5O6. The van der Waals surface area contributed by atoms with E-state index in [0.717, 1.165) is 11.1 Å². The number of hydroxylamine groups is 1. The monoisotopic (exact) mass is 555 g/mol. The highest BCUT2D eigenvalue weighted by molar-refractivity contribution is 5.95. The van der Waals surface area contributed by atoms with Gasteiger partial charge in [-0.2, -0.15) is 0 Å². The van der Waals surface area contributed by atoms with E-state index in [0.29, 0.717) is 34.9 Å². The second-order valence-electron chi connectivity index (χ2n) is 8.97. The molecule has 0 saturated heterocycles. The number of hydrogen-bond donors (Lipinski definition) is 5. The molecule has 4 rings (SSSR count). The number of amides is 1. The Balaban J connectivity index is 1.55. The summed E-state index contributed by atoms with van der Waals surface area (Å²) in [6.07, 6.45) is 0. The first-order valence-corrected chi connectivity index (χ1v) is 12.6. The molecule has 41 heavy (non-hydrogen) atoms. The Kier molecular flexibility index (Phi) is 9.47. The van der Waals surface area contributed by atoms with Gasteiger partial charge in [0.1, 0.15) is 18.5 Å². The highest BCUT2D eigenvalue weighted by atomic mass is 16.6. The molecule has 4 aromatic carbocycles. The second-order valence-corrected chi connectivity index (χ2v) is 8.97. The van der Waals surface area contributed by atoms with E-state index >= 15 is 0 Å². The standard InChI is InChI=1S/C30H29N5O6/c1-40-27-17-23(11-16-26(27)41-19-21-7-14-25(15-8-21)35(38)39)28(30(36)32-18-20-5-3-2-4-6-20)33-24-12-9-22(10-13-24)29(31)34-37/h2-17,28,33,37H,18-19H2,1H3,(H2,31,34)(H,32,36)/t28-/m1/s1. The molecule has 0 aliphatic heterocycles. The predicted octanol–water partition coefficient (Wildman–Crippen LogP) is 4.96. The molecule has 11 nitrogen and oxygen atoms in total. The third-order valence-electron chi connectivity index (χ3n) is 6.23. The number of nitro benzene ring substituents is 1. The van der Waals surface area contributed by atoms with Crippen molar-refractivity contribution in [1.82, 2.24) is 10.8 Å². The van der Waals surface area contributed by atoms with Crippen LogP contribution < -0.4 is 25.6 Å². The van der Waals surface area contributed by atoms with Crippen LogP contribution in [0.1, 0.15) is 28.3 Å². The molecule has 0 heterocycles. The summed E-state index contributed by atoms with van der Waals surface area (Å²) in [6.45, 7) is 0.501. The smallest absolute Gasteiger partial charge is 0.269 e. The molecule has 0 saturated carbocycles. The van der Waals surface area contributed by atoms with Crippen LogP contribution in [-0.2, 0) is 17.9 Å². The summed E-state index contributed by atoms with van der Waals surface area (Å²) >= 11 is 0. The van der Waals surface area contributed by atoms with Crippen molar-refractivity contribution in [1.29, 1.82) is 5.41 Å². The molecule has 0 radical (unpaired) electrons. The Labute approximate surface area is 236 Å². The van der Waals surface area contributed by atoms with E-state index in [1.165, 1.54) is 19.2 Å². The first kappa shape index (κ1) is 28.6. The Morgan fingerprint density at radius 2 is 1.66 bits per heavy atom. The maximum absolute atomic E-state index is 13.4. The lowest BCUT2D eigenvalue weighted by atomic mass is 10.0. The molecule has 0 aliphatic rings. The molecule has 1 atom stereocenters. The van der Waals surface area contributed by atoms with Gasteiger partial charge in [0, 0.05) is 29.9 Å². The lowest BCUT2D eigenvalue weighted by Gasteiger charge is -2.22. The van der Waals surface area contributed by atoms with Gasteiger partial charge in [-0.05, 0) is 65.2 Å². The molecule has 0 aliphatic carbocycles. The molecule has 0 unspecified atom stereocenters. The summed E-state index contributed by atoms with van der Waals surface area (Å²) in [7, 11) is 1.50. The second kappa shape index (κ2) is 13.6. The minimum atomic E-state index is -0.808. The molecule has 1 amide bonds. The number of nitro groups is 1. The van der Waals surface area contributed by atoms with E-state index in [4.69, 9.17) is 20.1 Å². The third-order valence-corrected chi connectivity index (χ3v) is 6.23. The largest absolute Gasteiger partial charge is 0.493 e. The van der Waals surface area contributed by atoms with E-state index < -0.39 is 11.0 Å². The number of hydrogen-bond acceptors (Lipinski definition) is 8. The number of carbonyl (C=O) groups excluding carboxylic acids is 1. The van der Waals surface area contributed by atoms with Crippen LogP contribution in [-0.4, -0.2) is 29.0 Å². The van der Waals surface area contributed by atoms with Crippen LogP contribution >= 0.6 is 0 Å². The van der Waals surface area contributed by atoms with Gasteiger partial charge in [-0.3, -0.25) is 31.0 Å². The number of benzene rings is 4. The fourth-order valence-corrected chi connectivity index (χ4v) is 4.01.